The predicted molar refractivity (Wildman–Crippen MR) is 115 cm³/mol. The lowest BCUT2D eigenvalue weighted by atomic mass is 10.0. The number of carbonyl (C=O) groups excluding carboxylic acids is 5. The van der Waals surface area contributed by atoms with Crippen molar-refractivity contribution < 1.29 is 33.9 Å². The smallest absolute Gasteiger partial charge is 0.326 e. The predicted octanol–water partition coefficient (Wildman–Crippen LogP) is -3.13. The molecule has 180 valence electrons. The van der Waals surface area contributed by atoms with Gasteiger partial charge in [-0.15, -0.1) is 0 Å². The fourth-order valence-corrected chi connectivity index (χ4v) is 2.81. The number of nitrogens with one attached hydrogen (secondary N) is 3. The molecule has 0 heterocycles. The summed E-state index contributed by atoms with van der Waals surface area (Å²) in [6, 6.07) is 4.51. The van der Waals surface area contributed by atoms with Gasteiger partial charge in [0.25, 0.3) is 0 Å². The number of hydrogen-bond acceptors (Lipinski definition) is 7. The number of primary amides is 2. The topological polar surface area (TPSA) is 237 Å². The molecule has 0 aliphatic rings. The molecule has 0 aromatic heterocycles. The molecule has 13 nitrogen and oxygen atoms in total. The molecule has 0 aliphatic carbocycles. The first-order valence-electron chi connectivity index (χ1n) is 9.97. The number of carboxylic acids is 1. The van der Waals surface area contributed by atoms with Crippen LogP contribution in [0.15, 0.2) is 30.3 Å². The van der Waals surface area contributed by atoms with Gasteiger partial charge in [0.2, 0.25) is 29.5 Å². The van der Waals surface area contributed by atoms with Crippen LogP contribution in [0.2, 0.25) is 0 Å². The summed E-state index contributed by atoms with van der Waals surface area (Å²) in [5, 5.41) is 16.2. The first-order chi connectivity index (χ1) is 15.5. The molecular weight excluding hydrogens is 436 g/mol. The monoisotopic (exact) mass is 464 g/mol. The van der Waals surface area contributed by atoms with Crippen molar-refractivity contribution in [3.63, 3.8) is 0 Å². The summed E-state index contributed by atoms with van der Waals surface area (Å²) in [5.74, 6) is -5.60. The molecule has 0 radical (unpaired) electrons. The molecule has 0 fully saturated rings. The summed E-state index contributed by atoms with van der Waals surface area (Å²) in [7, 11) is 0. The minimum atomic E-state index is -1.53. The van der Waals surface area contributed by atoms with Crippen LogP contribution in [0.3, 0.4) is 0 Å². The number of carboxylic acid groups (broad SMARTS) is 1. The quantitative estimate of drug-likeness (QED) is 0.148. The molecule has 33 heavy (non-hydrogen) atoms. The van der Waals surface area contributed by atoms with E-state index in [2.05, 4.69) is 16.0 Å². The van der Waals surface area contributed by atoms with E-state index in [9.17, 15) is 33.9 Å². The highest BCUT2D eigenvalue weighted by molar-refractivity contribution is 5.96. The van der Waals surface area contributed by atoms with E-state index in [0.29, 0.717) is 5.56 Å². The van der Waals surface area contributed by atoms with Crippen LogP contribution >= 0.6 is 0 Å². The Labute approximate surface area is 189 Å². The Morgan fingerprint density at radius 3 is 1.91 bits per heavy atom. The van der Waals surface area contributed by atoms with Crippen LogP contribution < -0.4 is 33.2 Å². The maximum atomic E-state index is 12.9. The first kappa shape index (κ1) is 27.0. The molecule has 10 N–H and O–H groups in total. The fourth-order valence-electron chi connectivity index (χ4n) is 2.81. The molecule has 1 rings (SSSR count). The van der Waals surface area contributed by atoms with Crippen LogP contribution in [0.1, 0.15) is 24.8 Å². The van der Waals surface area contributed by atoms with Crippen LogP contribution in [0.25, 0.3) is 0 Å². The maximum Gasteiger partial charge on any atom is 0.326 e. The Morgan fingerprint density at radius 2 is 1.39 bits per heavy atom. The Hall–Kier alpha value is -4.00. The molecule has 3 atom stereocenters. The van der Waals surface area contributed by atoms with Gasteiger partial charge in [-0.2, -0.15) is 0 Å². The van der Waals surface area contributed by atoms with Gasteiger partial charge in [0.15, 0.2) is 0 Å². The minimum Gasteiger partial charge on any atom is -0.480 e. The molecule has 0 aliphatic heterocycles. The number of aliphatic carboxylic acids is 1. The Bertz CT molecular complexity index is 877. The van der Waals surface area contributed by atoms with Crippen molar-refractivity contribution in [1.82, 2.24) is 16.0 Å². The summed E-state index contributed by atoms with van der Waals surface area (Å²) in [6.07, 6.45) is -1.19. The van der Waals surface area contributed by atoms with Crippen molar-refractivity contribution in [2.75, 3.05) is 6.54 Å². The molecule has 0 spiro atoms. The Balaban J connectivity index is 3.01. The van der Waals surface area contributed by atoms with Crippen LogP contribution in [0, 0.1) is 0 Å². The Kier molecular flexibility index (Phi) is 11.0. The fraction of sp³-hybridized carbons (Fsp3) is 0.400. The zero-order chi connectivity index (χ0) is 25.0. The van der Waals surface area contributed by atoms with Crippen molar-refractivity contribution in [3.05, 3.63) is 35.9 Å². The molecule has 0 saturated heterocycles. The molecular formula is C20H28N6O7. The maximum absolute atomic E-state index is 12.9. The number of amides is 5. The summed E-state index contributed by atoms with van der Waals surface area (Å²) >= 11 is 0. The van der Waals surface area contributed by atoms with Gasteiger partial charge in [0, 0.05) is 12.8 Å². The van der Waals surface area contributed by atoms with Gasteiger partial charge in [-0.1, -0.05) is 30.3 Å². The van der Waals surface area contributed by atoms with E-state index < -0.39 is 60.1 Å². The summed E-state index contributed by atoms with van der Waals surface area (Å²) in [4.78, 5) is 71.0. The molecule has 5 amide bonds. The van der Waals surface area contributed by atoms with Gasteiger partial charge in [-0.3, -0.25) is 24.0 Å². The van der Waals surface area contributed by atoms with Gasteiger partial charge in [-0.05, 0) is 12.0 Å². The van der Waals surface area contributed by atoms with Crippen LogP contribution in [0.4, 0.5) is 0 Å². The number of benzene rings is 1. The summed E-state index contributed by atoms with van der Waals surface area (Å²) < 4.78 is 0. The van der Waals surface area contributed by atoms with E-state index in [0.717, 1.165) is 0 Å². The van der Waals surface area contributed by atoms with E-state index in [1.165, 1.54) is 0 Å². The van der Waals surface area contributed by atoms with Crippen LogP contribution in [0.5, 0.6) is 0 Å². The minimum absolute atomic E-state index is 0.0552. The number of carbonyl (C=O) groups is 6. The molecule has 13 heteroatoms. The average molecular weight is 464 g/mol. The van der Waals surface area contributed by atoms with Crippen LogP contribution in [-0.4, -0.2) is 65.3 Å². The number of nitrogens with two attached hydrogens (primary N) is 3. The van der Waals surface area contributed by atoms with Crippen molar-refractivity contribution >= 4 is 35.5 Å². The Morgan fingerprint density at radius 1 is 0.818 bits per heavy atom. The summed E-state index contributed by atoms with van der Waals surface area (Å²) in [5.41, 5.74) is 16.2. The SMILES string of the molecule is NCC(=O)NC(Cc1ccccc1)C(=O)NC(CC(N)=O)C(=O)NC(CCC(N)=O)C(=O)O. The van der Waals surface area contributed by atoms with E-state index in [4.69, 9.17) is 17.2 Å². The molecule has 0 bridgehead atoms. The average Bonchev–Trinajstić information content (AvgIpc) is 2.75. The van der Waals surface area contributed by atoms with E-state index in [-0.39, 0.29) is 25.8 Å². The summed E-state index contributed by atoms with van der Waals surface area (Å²) in [6.45, 7) is -0.385. The molecule has 1 aromatic carbocycles. The molecule has 0 saturated carbocycles. The lowest BCUT2D eigenvalue weighted by Crippen LogP contribution is -2.57. The third kappa shape index (κ3) is 10.2. The second-order valence-electron chi connectivity index (χ2n) is 7.15. The molecule has 1 aromatic rings. The van der Waals surface area contributed by atoms with Gasteiger partial charge in [0.05, 0.1) is 13.0 Å². The molecule has 3 unspecified atom stereocenters. The standard InChI is InChI=1S/C20H28N6O7/c21-10-17(29)24-13(8-11-4-2-1-3-5-11)18(30)26-14(9-16(23)28)19(31)25-12(20(32)33)6-7-15(22)27/h1-5,12-14H,6-10,21H2,(H2,22,27)(H2,23,28)(H,24,29)(H,25,31)(H,26,30)(H,32,33). The third-order valence-electron chi connectivity index (χ3n) is 4.45. The van der Waals surface area contributed by atoms with E-state index in [1.54, 1.807) is 30.3 Å². The zero-order valence-electron chi connectivity index (χ0n) is 17.8. The zero-order valence-corrected chi connectivity index (χ0v) is 17.8. The van der Waals surface area contributed by atoms with Crippen molar-refractivity contribution in [1.29, 1.82) is 0 Å². The first-order valence-corrected chi connectivity index (χ1v) is 9.97. The van der Waals surface area contributed by atoms with Gasteiger partial charge >= 0.3 is 5.97 Å². The number of rotatable bonds is 14. The lowest BCUT2D eigenvalue weighted by Gasteiger charge is -2.24. The van der Waals surface area contributed by atoms with Gasteiger partial charge in [0.1, 0.15) is 18.1 Å². The highest BCUT2D eigenvalue weighted by Crippen LogP contribution is 2.06. The van der Waals surface area contributed by atoms with E-state index >= 15 is 0 Å². The highest BCUT2D eigenvalue weighted by Gasteiger charge is 2.30. The van der Waals surface area contributed by atoms with Crippen molar-refractivity contribution in [2.45, 2.75) is 43.8 Å². The lowest BCUT2D eigenvalue weighted by molar-refractivity contribution is -0.142. The van der Waals surface area contributed by atoms with E-state index in [1.807, 2.05) is 0 Å². The van der Waals surface area contributed by atoms with Crippen molar-refractivity contribution in [2.24, 2.45) is 17.2 Å². The largest absolute Gasteiger partial charge is 0.480 e. The second kappa shape index (κ2) is 13.4. The van der Waals surface area contributed by atoms with Gasteiger partial charge < -0.3 is 38.3 Å². The van der Waals surface area contributed by atoms with Crippen molar-refractivity contribution in [3.8, 4) is 0 Å². The van der Waals surface area contributed by atoms with Gasteiger partial charge in [-0.25, -0.2) is 4.79 Å². The third-order valence-corrected chi connectivity index (χ3v) is 4.45. The normalized spacial score (nSPS) is 13.1. The highest BCUT2D eigenvalue weighted by atomic mass is 16.4. The number of hydrogen-bond donors (Lipinski definition) is 7. The second-order valence-corrected chi connectivity index (χ2v) is 7.15. The van der Waals surface area contributed by atoms with Crippen LogP contribution in [-0.2, 0) is 35.2 Å².